The van der Waals surface area contributed by atoms with Gasteiger partial charge in [-0.2, -0.15) is 0 Å². The Balaban J connectivity index is 1.84. The fourth-order valence-corrected chi connectivity index (χ4v) is 4.83. The summed E-state index contributed by atoms with van der Waals surface area (Å²) in [6.45, 7) is 1.86. The van der Waals surface area contributed by atoms with Gasteiger partial charge in [0, 0.05) is 6.07 Å². The van der Waals surface area contributed by atoms with Gasteiger partial charge in [-0.05, 0) is 48.9 Å². The van der Waals surface area contributed by atoms with Crippen LogP contribution in [0.15, 0.2) is 77.7 Å². The van der Waals surface area contributed by atoms with Crippen LogP contribution in [0, 0.1) is 5.82 Å². The molecule has 1 unspecified atom stereocenters. The Morgan fingerprint density at radius 1 is 0.929 bits per heavy atom. The van der Waals surface area contributed by atoms with Crippen molar-refractivity contribution in [3.63, 3.8) is 0 Å². The summed E-state index contributed by atoms with van der Waals surface area (Å²) in [6.07, 6.45) is 0. The van der Waals surface area contributed by atoms with Crippen LogP contribution in [0.5, 0.6) is 11.5 Å². The van der Waals surface area contributed by atoms with E-state index in [0.717, 1.165) is 0 Å². The zero-order valence-corrected chi connectivity index (χ0v) is 15.9. The number of hydrogen-bond acceptors (Lipinski definition) is 4. The number of benzene rings is 3. The SMILES string of the molecule is CC(c1ccc(F)cc1)N(c1ccc2c(c1)OCO2)S(=O)(=O)c1ccccc1. The standard InChI is InChI=1S/C21H18FNO4S/c1-15(16-7-9-17(22)10-8-16)23(28(24,25)19-5-3-2-4-6-19)18-11-12-20-21(13-18)27-14-26-20/h2-13,15H,14H2,1H3. The highest BCUT2D eigenvalue weighted by atomic mass is 32.2. The molecular weight excluding hydrogens is 381 g/mol. The molecule has 0 aliphatic carbocycles. The summed E-state index contributed by atoms with van der Waals surface area (Å²) >= 11 is 0. The Hall–Kier alpha value is -3.06. The number of nitrogens with zero attached hydrogens (tertiary/aromatic N) is 1. The molecule has 0 saturated heterocycles. The molecule has 0 N–H and O–H groups in total. The lowest BCUT2D eigenvalue weighted by molar-refractivity contribution is 0.174. The first-order valence-electron chi connectivity index (χ1n) is 8.71. The van der Waals surface area contributed by atoms with E-state index in [-0.39, 0.29) is 17.5 Å². The van der Waals surface area contributed by atoms with Crippen LogP contribution in [0.25, 0.3) is 0 Å². The summed E-state index contributed by atoms with van der Waals surface area (Å²) in [7, 11) is -3.89. The molecule has 1 atom stereocenters. The summed E-state index contributed by atoms with van der Waals surface area (Å²) in [6, 6.07) is 18.4. The molecule has 0 spiro atoms. The predicted molar refractivity (Wildman–Crippen MR) is 103 cm³/mol. The highest BCUT2D eigenvalue weighted by Crippen LogP contribution is 2.40. The zero-order chi connectivity index (χ0) is 19.7. The smallest absolute Gasteiger partial charge is 0.264 e. The Bertz CT molecular complexity index is 1090. The van der Waals surface area contributed by atoms with E-state index >= 15 is 0 Å². The highest BCUT2D eigenvalue weighted by molar-refractivity contribution is 7.92. The van der Waals surface area contributed by atoms with Gasteiger partial charge in [-0.1, -0.05) is 30.3 Å². The molecule has 0 aromatic heterocycles. The van der Waals surface area contributed by atoms with Crippen molar-refractivity contribution in [2.75, 3.05) is 11.1 Å². The van der Waals surface area contributed by atoms with Gasteiger partial charge in [0.2, 0.25) is 6.79 Å². The average molecular weight is 399 g/mol. The molecule has 3 aromatic rings. The normalized spacial score (nSPS) is 13.9. The minimum atomic E-state index is -3.89. The second-order valence-electron chi connectivity index (χ2n) is 6.38. The van der Waals surface area contributed by atoms with Crippen molar-refractivity contribution in [2.45, 2.75) is 17.9 Å². The first-order chi connectivity index (χ1) is 13.5. The molecule has 0 saturated carbocycles. The summed E-state index contributed by atoms with van der Waals surface area (Å²) in [5.41, 5.74) is 1.10. The molecule has 28 heavy (non-hydrogen) atoms. The number of hydrogen-bond donors (Lipinski definition) is 0. The third-order valence-electron chi connectivity index (χ3n) is 4.61. The molecule has 5 nitrogen and oxygen atoms in total. The van der Waals surface area contributed by atoms with Gasteiger partial charge in [0.25, 0.3) is 10.0 Å². The van der Waals surface area contributed by atoms with E-state index < -0.39 is 16.1 Å². The quantitative estimate of drug-likeness (QED) is 0.633. The third-order valence-corrected chi connectivity index (χ3v) is 6.53. The monoisotopic (exact) mass is 399 g/mol. The van der Waals surface area contributed by atoms with Gasteiger partial charge < -0.3 is 9.47 Å². The van der Waals surface area contributed by atoms with Gasteiger partial charge in [0.15, 0.2) is 11.5 Å². The molecule has 0 fully saturated rings. The summed E-state index contributed by atoms with van der Waals surface area (Å²) in [5, 5.41) is 0. The van der Waals surface area contributed by atoms with Gasteiger partial charge in [-0.3, -0.25) is 4.31 Å². The maximum Gasteiger partial charge on any atom is 0.264 e. The van der Waals surface area contributed by atoms with Crippen LogP contribution in [0.1, 0.15) is 18.5 Å². The van der Waals surface area contributed by atoms with Crippen LogP contribution in [0.2, 0.25) is 0 Å². The van der Waals surface area contributed by atoms with Crippen LogP contribution in [-0.4, -0.2) is 15.2 Å². The number of halogens is 1. The minimum Gasteiger partial charge on any atom is -0.454 e. The molecule has 7 heteroatoms. The number of fused-ring (bicyclic) bond motifs is 1. The number of rotatable bonds is 5. The molecule has 0 radical (unpaired) electrons. The lowest BCUT2D eigenvalue weighted by Gasteiger charge is -2.31. The van der Waals surface area contributed by atoms with Gasteiger partial charge in [0.05, 0.1) is 16.6 Å². The van der Waals surface area contributed by atoms with E-state index in [4.69, 9.17) is 9.47 Å². The minimum absolute atomic E-state index is 0.0950. The molecule has 0 bridgehead atoms. The highest BCUT2D eigenvalue weighted by Gasteiger charge is 2.31. The van der Waals surface area contributed by atoms with Crippen LogP contribution < -0.4 is 13.8 Å². The van der Waals surface area contributed by atoms with E-state index in [0.29, 0.717) is 22.7 Å². The van der Waals surface area contributed by atoms with Crippen molar-refractivity contribution in [1.29, 1.82) is 0 Å². The van der Waals surface area contributed by atoms with Gasteiger partial charge in [-0.25, -0.2) is 12.8 Å². The Labute approximate surface area is 163 Å². The molecule has 144 valence electrons. The lowest BCUT2D eigenvalue weighted by Crippen LogP contribution is -2.33. The zero-order valence-electron chi connectivity index (χ0n) is 15.1. The van der Waals surface area contributed by atoms with E-state index in [2.05, 4.69) is 0 Å². The topological polar surface area (TPSA) is 55.8 Å². The Kier molecular flexibility index (Phi) is 4.68. The number of anilines is 1. The van der Waals surface area contributed by atoms with Crippen LogP contribution in [0.4, 0.5) is 10.1 Å². The molecule has 1 heterocycles. The first kappa shape index (κ1) is 18.3. The van der Waals surface area contributed by atoms with Gasteiger partial charge >= 0.3 is 0 Å². The lowest BCUT2D eigenvalue weighted by atomic mass is 10.1. The first-order valence-corrected chi connectivity index (χ1v) is 10.2. The fourth-order valence-electron chi connectivity index (χ4n) is 3.18. The van der Waals surface area contributed by atoms with Gasteiger partial charge in [-0.15, -0.1) is 0 Å². The molecule has 3 aromatic carbocycles. The van der Waals surface area contributed by atoms with E-state index in [1.807, 2.05) is 0 Å². The van der Waals surface area contributed by atoms with Crippen molar-refractivity contribution in [3.8, 4) is 11.5 Å². The van der Waals surface area contributed by atoms with Crippen molar-refractivity contribution in [3.05, 3.63) is 84.2 Å². The second kappa shape index (κ2) is 7.16. The summed E-state index contributed by atoms with van der Waals surface area (Å²) < 4.78 is 52.4. The molecule has 4 rings (SSSR count). The van der Waals surface area contributed by atoms with Crippen molar-refractivity contribution in [2.24, 2.45) is 0 Å². The predicted octanol–water partition coefficient (Wildman–Crippen LogP) is 4.51. The summed E-state index contributed by atoms with van der Waals surface area (Å²) in [5.74, 6) is 0.670. The largest absolute Gasteiger partial charge is 0.454 e. The maximum absolute atomic E-state index is 13.5. The van der Waals surface area contributed by atoms with E-state index in [1.54, 1.807) is 67.6 Å². The van der Waals surface area contributed by atoms with Gasteiger partial charge in [0.1, 0.15) is 5.82 Å². The van der Waals surface area contributed by atoms with Crippen LogP contribution >= 0.6 is 0 Å². The van der Waals surface area contributed by atoms with E-state index in [1.165, 1.54) is 16.4 Å². The summed E-state index contributed by atoms with van der Waals surface area (Å²) in [4.78, 5) is 0.168. The van der Waals surface area contributed by atoms with Crippen molar-refractivity contribution < 1.29 is 22.3 Å². The average Bonchev–Trinajstić information content (AvgIpc) is 3.17. The molecule has 1 aliphatic heterocycles. The van der Waals surface area contributed by atoms with Crippen molar-refractivity contribution in [1.82, 2.24) is 0 Å². The van der Waals surface area contributed by atoms with Crippen LogP contribution in [0.3, 0.4) is 0 Å². The number of ether oxygens (including phenoxy) is 2. The second-order valence-corrected chi connectivity index (χ2v) is 8.19. The molecule has 0 amide bonds. The van der Waals surface area contributed by atoms with Crippen LogP contribution in [-0.2, 0) is 10.0 Å². The molecule has 1 aliphatic rings. The van der Waals surface area contributed by atoms with E-state index in [9.17, 15) is 12.8 Å². The maximum atomic E-state index is 13.5. The fraction of sp³-hybridized carbons (Fsp3) is 0.143. The Morgan fingerprint density at radius 3 is 2.32 bits per heavy atom. The number of sulfonamides is 1. The Morgan fingerprint density at radius 2 is 1.61 bits per heavy atom. The third kappa shape index (κ3) is 3.29. The molecular formula is C21H18FNO4S. The van der Waals surface area contributed by atoms with Crippen molar-refractivity contribution >= 4 is 15.7 Å².